The summed E-state index contributed by atoms with van der Waals surface area (Å²) in [5.74, 6) is 0. The van der Waals surface area contributed by atoms with Crippen molar-refractivity contribution in [2.75, 3.05) is 0 Å². The molecule has 2 aromatic rings. The number of rotatable bonds is 1. The second kappa shape index (κ2) is 4.61. The van der Waals surface area contributed by atoms with Gasteiger partial charge in [-0.05, 0) is 86.1 Å². The van der Waals surface area contributed by atoms with Gasteiger partial charge in [0.1, 0.15) is 0 Å². The Labute approximate surface area is 111 Å². The normalized spacial score (nSPS) is 10.8. The van der Waals surface area contributed by atoms with Gasteiger partial charge in [-0.1, -0.05) is 24.3 Å². The smallest absolute Gasteiger partial charge is 0.0178 e. The summed E-state index contributed by atoms with van der Waals surface area (Å²) in [5, 5.41) is 0. The van der Waals surface area contributed by atoms with Crippen LogP contribution in [-0.4, -0.2) is 0 Å². The number of hydrogen-bond donors (Lipinski definition) is 0. The predicted octanol–water partition coefficient (Wildman–Crippen LogP) is 5.20. The lowest BCUT2D eigenvalue weighted by atomic mass is 9.93. The van der Waals surface area contributed by atoms with Crippen LogP contribution in [0.3, 0.4) is 0 Å². The molecule has 18 heavy (non-hydrogen) atoms. The topological polar surface area (TPSA) is 0 Å². The molecule has 94 valence electrons. The van der Waals surface area contributed by atoms with Gasteiger partial charge in [0.05, 0.1) is 0 Å². The van der Waals surface area contributed by atoms with Gasteiger partial charge in [-0.25, -0.2) is 0 Å². The maximum atomic E-state index is 2.30. The second-order valence-corrected chi connectivity index (χ2v) is 5.47. The zero-order valence-corrected chi connectivity index (χ0v) is 12.3. The van der Waals surface area contributed by atoms with Gasteiger partial charge in [-0.3, -0.25) is 0 Å². The van der Waals surface area contributed by atoms with Crippen molar-refractivity contribution in [3.63, 3.8) is 0 Å². The van der Waals surface area contributed by atoms with E-state index in [0.29, 0.717) is 0 Å². The van der Waals surface area contributed by atoms with Crippen molar-refractivity contribution in [1.29, 1.82) is 0 Å². The Balaban J connectivity index is 2.63. The van der Waals surface area contributed by atoms with Crippen molar-refractivity contribution < 1.29 is 0 Å². The average molecular weight is 238 g/mol. The van der Waals surface area contributed by atoms with Crippen LogP contribution in [0.4, 0.5) is 0 Å². The lowest BCUT2D eigenvalue weighted by Gasteiger charge is -2.12. The maximum absolute atomic E-state index is 2.30. The van der Waals surface area contributed by atoms with Gasteiger partial charge in [0, 0.05) is 0 Å². The highest BCUT2D eigenvalue weighted by Gasteiger charge is 2.06. The van der Waals surface area contributed by atoms with Crippen LogP contribution in [0, 0.1) is 41.5 Å². The van der Waals surface area contributed by atoms with Crippen LogP contribution < -0.4 is 0 Å². The Morgan fingerprint density at radius 1 is 0.444 bits per heavy atom. The van der Waals surface area contributed by atoms with Crippen molar-refractivity contribution in [2.24, 2.45) is 0 Å². The zero-order valence-electron chi connectivity index (χ0n) is 12.3. The summed E-state index contributed by atoms with van der Waals surface area (Å²) in [6, 6.07) is 9.19. The van der Waals surface area contributed by atoms with Gasteiger partial charge in [0.25, 0.3) is 0 Å². The second-order valence-electron chi connectivity index (χ2n) is 5.47. The monoisotopic (exact) mass is 238 g/mol. The predicted molar refractivity (Wildman–Crippen MR) is 80.3 cm³/mol. The lowest BCUT2D eigenvalue weighted by Crippen LogP contribution is -1.92. The highest BCUT2D eigenvalue weighted by atomic mass is 14.1. The summed E-state index contributed by atoms with van der Waals surface area (Å²) in [5.41, 5.74) is 11.0. The minimum Gasteiger partial charge on any atom is -0.0512 e. The fraction of sp³-hybridized carbons (Fsp3) is 0.333. The molecule has 0 saturated heterocycles. The van der Waals surface area contributed by atoms with E-state index in [1.54, 1.807) is 0 Å². The van der Waals surface area contributed by atoms with Crippen molar-refractivity contribution in [3.05, 3.63) is 57.6 Å². The van der Waals surface area contributed by atoms with E-state index in [4.69, 9.17) is 0 Å². The van der Waals surface area contributed by atoms with E-state index in [2.05, 4.69) is 65.8 Å². The summed E-state index contributed by atoms with van der Waals surface area (Å²) in [6.45, 7) is 13.2. The Hall–Kier alpha value is -1.56. The fourth-order valence-electron chi connectivity index (χ4n) is 2.40. The SMILES string of the molecule is Cc1cc(-c2cc(C)c(C)c(C)c2)cc(C)c1C. The van der Waals surface area contributed by atoms with E-state index >= 15 is 0 Å². The molecule has 2 aromatic carbocycles. The Morgan fingerprint density at radius 3 is 0.889 bits per heavy atom. The lowest BCUT2D eigenvalue weighted by molar-refractivity contribution is 1.25. The first-order valence-corrected chi connectivity index (χ1v) is 6.56. The summed E-state index contributed by atoms with van der Waals surface area (Å²) in [6.07, 6.45) is 0. The molecule has 0 aliphatic carbocycles. The standard InChI is InChI=1S/C18H22/c1-11-7-17(8-12(2)15(11)5)18-9-13(3)16(6)14(4)10-18/h7-10H,1-6H3. The van der Waals surface area contributed by atoms with Crippen LogP contribution >= 0.6 is 0 Å². The largest absolute Gasteiger partial charge is 0.0512 e. The molecular formula is C18H22. The van der Waals surface area contributed by atoms with E-state index in [0.717, 1.165) is 0 Å². The van der Waals surface area contributed by atoms with E-state index in [9.17, 15) is 0 Å². The summed E-state index contributed by atoms with van der Waals surface area (Å²) >= 11 is 0. The third-order valence-electron chi connectivity index (χ3n) is 4.19. The molecule has 0 unspecified atom stereocenters. The van der Waals surface area contributed by atoms with Crippen molar-refractivity contribution in [1.82, 2.24) is 0 Å². The first-order valence-electron chi connectivity index (χ1n) is 6.56. The maximum Gasteiger partial charge on any atom is -0.0178 e. The summed E-state index contributed by atoms with van der Waals surface area (Å²) < 4.78 is 0. The van der Waals surface area contributed by atoms with Crippen LogP contribution in [0.15, 0.2) is 24.3 Å². The minimum atomic E-state index is 1.34. The van der Waals surface area contributed by atoms with E-state index in [-0.39, 0.29) is 0 Å². The molecule has 0 nitrogen and oxygen atoms in total. The van der Waals surface area contributed by atoms with Gasteiger partial charge in [-0.2, -0.15) is 0 Å². The van der Waals surface area contributed by atoms with Gasteiger partial charge in [0.2, 0.25) is 0 Å². The van der Waals surface area contributed by atoms with E-state index in [1.165, 1.54) is 44.5 Å². The molecule has 0 fully saturated rings. The highest BCUT2D eigenvalue weighted by molar-refractivity contribution is 5.68. The van der Waals surface area contributed by atoms with Crippen LogP contribution in [0.5, 0.6) is 0 Å². The molecule has 0 heteroatoms. The van der Waals surface area contributed by atoms with Gasteiger partial charge >= 0.3 is 0 Å². The molecule has 0 aliphatic heterocycles. The van der Waals surface area contributed by atoms with Crippen LogP contribution in [-0.2, 0) is 0 Å². The molecular weight excluding hydrogens is 216 g/mol. The molecule has 0 radical (unpaired) electrons. The average Bonchev–Trinajstić information content (AvgIpc) is 2.31. The number of hydrogen-bond acceptors (Lipinski definition) is 0. The van der Waals surface area contributed by atoms with Gasteiger partial charge in [-0.15, -0.1) is 0 Å². The zero-order chi connectivity index (χ0) is 13.4. The van der Waals surface area contributed by atoms with Crippen molar-refractivity contribution in [3.8, 4) is 11.1 Å². The molecule has 0 N–H and O–H groups in total. The molecule has 0 heterocycles. The van der Waals surface area contributed by atoms with E-state index in [1.807, 2.05) is 0 Å². The molecule has 0 aliphatic rings. The third-order valence-corrected chi connectivity index (χ3v) is 4.19. The fourth-order valence-corrected chi connectivity index (χ4v) is 2.40. The van der Waals surface area contributed by atoms with Crippen LogP contribution in [0.25, 0.3) is 11.1 Å². The van der Waals surface area contributed by atoms with Gasteiger partial charge < -0.3 is 0 Å². The highest BCUT2D eigenvalue weighted by Crippen LogP contribution is 2.28. The molecule has 0 amide bonds. The molecule has 0 aromatic heterocycles. The van der Waals surface area contributed by atoms with Gasteiger partial charge in [0.15, 0.2) is 0 Å². The molecule has 0 bridgehead atoms. The Morgan fingerprint density at radius 2 is 0.667 bits per heavy atom. The van der Waals surface area contributed by atoms with Crippen molar-refractivity contribution in [2.45, 2.75) is 41.5 Å². The molecule has 0 atom stereocenters. The molecule has 0 saturated carbocycles. The Kier molecular flexibility index (Phi) is 3.30. The number of aryl methyl sites for hydroxylation is 4. The quantitative estimate of drug-likeness (QED) is 0.640. The molecule has 2 rings (SSSR count). The first-order chi connectivity index (χ1) is 8.40. The summed E-state index contributed by atoms with van der Waals surface area (Å²) in [4.78, 5) is 0. The Bertz CT molecular complexity index is 502. The minimum absolute atomic E-state index is 1.34. The molecule has 0 spiro atoms. The number of benzene rings is 2. The third kappa shape index (κ3) is 2.20. The van der Waals surface area contributed by atoms with Crippen LogP contribution in [0.1, 0.15) is 33.4 Å². The first kappa shape index (κ1) is 12.9. The van der Waals surface area contributed by atoms with Crippen molar-refractivity contribution >= 4 is 0 Å². The van der Waals surface area contributed by atoms with E-state index < -0.39 is 0 Å². The van der Waals surface area contributed by atoms with Crippen LogP contribution in [0.2, 0.25) is 0 Å². The summed E-state index contributed by atoms with van der Waals surface area (Å²) in [7, 11) is 0.